The van der Waals surface area contributed by atoms with Gasteiger partial charge in [0.1, 0.15) is 0 Å². The van der Waals surface area contributed by atoms with Crippen LogP contribution in [-0.4, -0.2) is 0 Å². The maximum absolute atomic E-state index is 5.56. The molecule has 0 radical (unpaired) electrons. The molecule has 0 aliphatic heterocycles. The summed E-state index contributed by atoms with van der Waals surface area (Å²) in [5.41, 5.74) is 10.7. The average molecular weight is 167 g/mol. The molecular weight excluding hydrogens is 150 g/mol. The summed E-state index contributed by atoms with van der Waals surface area (Å²) in [5, 5.41) is 0. The fourth-order valence-electron chi connectivity index (χ4n) is 0.795. The second kappa shape index (κ2) is 5.43. The number of nitrogens with two attached hydrogens (primary N) is 2. The van der Waals surface area contributed by atoms with Gasteiger partial charge in [0.15, 0.2) is 0 Å². The van der Waals surface area contributed by atoms with Crippen molar-refractivity contribution in [2.75, 3.05) is 11.2 Å². The first-order valence-electron chi connectivity index (χ1n) is 4.07. The van der Waals surface area contributed by atoms with Crippen molar-refractivity contribution in [2.24, 2.45) is 5.84 Å². The minimum absolute atomic E-state index is 0.674. The molecule has 0 aliphatic carbocycles. The number of nitrogen functional groups attached to an aromatic ring is 2. The second-order valence-electron chi connectivity index (χ2n) is 2.24. The van der Waals surface area contributed by atoms with Crippen molar-refractivity contribution in [3.63, 3.8) is 0 Å². The maximum atomic E-state index is 5.56. The van der Waals surface area contributed by atoms with E-state index < -0.39 is 0 Å². The van der Waals surface area contributed by atoms with Gasteiger partial charge in [-0.25, -0.2) is 0 Å². The van der Waals surface area contributed by atoms with E-state index in [9.17, 15) is 0 Å². The Morgan fingerprint density at radius 3 is 2.25 bits per heavy atom. The van der Waals surface area contributed by atoms with Crippen LogP contribution in [0.1, 0.15) is 19.4 Å². The first-order chi connectivity index (χ1) is 5.74. The van der Waals surface area contributed by atoms with Gasteiger partial charge in [-0.15, -0.1) is 0 Å². The number of benzene rings is 1. The highest BCUT2D eigenvalue weighted by Crippen LogP contribution is 2.17. The van der Waals surface area contributed by atoms with Gasteiger partial charge in [-0.1, -0.05) is 19.9 Å². The highest BCUT2D eigenvalue weighted by atomic mass is 15.2. The van der Waals surface area contributed by atoms with E-state index in [1.165, 1.54) is 0 Å². The Balaban J connectivity index is 0.000000561. The van der Waals surface area contributed by atoms with E-state index in [0.717, 1.165) is 11.3 Å². The Morgan fingerprint density at radius 2 is 1.83 bits per heavy atom. The lowest BCUT2D eigenvalue weighted by Gasteiger charge is -2.03. The number of anilines is 2. The van der Waals surface area contributed by atoms with Crippen LogP contribution in [0.3, 0.4) is 0 Å². The lowest BCUT2D eigenvalue weighted by molar-refractivity contribution is 1.33. The number of nitrogens with one attached hydrogen (secondary N) is 1. The van der Waals surface area contributed by atoms with Crippen molar-refractivity contribution in [1.29, 1.82) is 0 Å². The van der Waals surface area contributed by atoms with Gasteiger partial charge in [0.2, 0.25) is 0 Å². The van der Waals surface area contributed by atoms with Gasteiger partial charge in [-0.3, -0.25) is 5.84 Å². The maximum Gasteiger partial charge on any atom is 0.0718 e. The van der Waals surface area contributed by atoms with Crippen LogP contribution in [0, 0.1) is 6.92 Å². The monoisotopic (exact) mass is 167 g/mol. The zero-order valence-corrected chi connectivity index (χ0v) is 7.89. The van der Waals surface area contributed by atoms with Gasteiger partial charge in [-0.05, 0) is 24.6 Å². The molecule has 68 valence electrons. The van der Waals surface area contributed by atoms with Crippen LogP contribution in [0.25, 0.3) is 0 Å². The smallest absolute Gasteiger partial charge is 0.0718 e. The topological polar surface area (TPSA) is 64.1 Å². The van der Waals surface area contributed by atoms with Crippen LogP contribution >= 0.6 is 0 Å². The van der Waals surface area contributed by atoms with Crippen LogP contribution in [-0.2, 0) is 0 Å². The van der Waals surface area contributed by atoms with Crippen molar-refractivity contribution < 1.29 is 0 Å². The van der Waals surface area contributed by atoms with Crippen LogP contribution in [0.4, 0.5) is 11.4 Å². The molecule has 1 aromatic carbocycles. The van der Waals surface area contributed by atoms with E-state index in [1.807, 2.05) is 39.0 Å². The summed E-state index contributed by atoms with van der Waals surface area (Å²) >= 11 is 0. The van der Waals surface area contributed by atoms with Crippen LogP contribution < -0.4 is 17.0 Å². The molecule has 0 amide bonds. The standard InChI is InChI=1S/C7H11N3.C2H6/c1-5-2-3-6(8)7(4-5)10-9;1-2/h2-4,10H,8-9H2,1H3;1-2H3. The van der Waals surface area contributed by atoms with Crippen LogP contribution in [0.5, 0.6) is 0 Å². The predicted molar refractivity (Wildman–Crippen MR) is 54.7 cm³/mol. The molecule has 0 fully saturated rings. The lowest BCUT2D eigenvalue weighted by atomic mass is 10.2. The van der Waals surface area contributed by atoms with Crippen molar-refractivity contribution in [1.82, 2.24) is 0 Å². The fourth-order valence-corrected chi connectivity index (χ4v) is 0.795. The van der Waals surface area contributed by atoms with Gasteiger partial charge >= 0.3 is 0 Å². The minimum Gasteiger partial charge on any atom is -0.397 e. The predicted octanol–water partition coefficient (Wildman–Crippen LogP) is 1.89. The van der Waals surface area contributed by atoms with E-state index in [0.29, 0.717) is 5.69 Å². The summed E-state index contributed by atoms with van der Waals surface area (Å²) in [7, 11) is 0. The van der Waals surface area contributed by atoms with Gasteiger partial charge in [0.25, 0.3) is 0 Å². The zero-order valence-electron chi connectivity index (χ0n) is 7.89. The summed E-state index contributed by atoms with van der Waals surface area (Å²) < 4.78 is 0. The first-order valence-corrected chi connectivity index (χ1v) is 4.07. The van der Waals surface area contributed by atoms with E-state index in [4.69, 9.17) is 11.6 Å². The molecule has 0 saturated heterocycles. The first kappa shape index (κ1) is 10.8. The third-order valence-electron chi connectivity index (χ3n) is 1.36. The van der Waals surface area contributed by atoms with Crippen LogP contribution in [0.15, 0.2) is 18.2 Å². The van der Waals surface area contributed by atoms with Gasteiger partial charge in [0.05, 0.1) is 11.4 Å². The molecule has 1 rings (SSSR count). The normalized spacial score (nSPS) is 8.33. The minimum atomic E-state index is 0.674. The number of aryl methyl sites for hydroxylation is 1. The number of hydrazine groups is 1. The molecule has 0 aromatic heterocycles. The molecular formula is C9H17N3. The third kappa shape index (κ3) is 2.80. The van der Waals surface area contributed by atoms with E-state index in [2.05, 4.69) is 5.43 Å². The Hall–Kier alpha value is -1.22. The average Bonchev–Trinajstić information content (AvgIpc) is 2.13. The quantitative estimate of drug-likeness (QED) is 0.340. The van der Waals surface area contributed by atoms with Crippen molar-refractivity contribution in [2.45, 2.75) is 20.8 Å². The van der Waals surface area contributed by atoms with E-state index in [-0.39, 0.29) is 0 Å². The van der Waals surface area contributed by atoms with Crippen molar-refractivity contribution in [3.05, 3.63) is 23.8 Å². The highest BCUT2D eigenvalue weighted by Gasteiger charge is 1.94. The van der Waals surface area contributed by atoms with E-state index >= 15 is 0 Å². The molecule has 0 aliphatic rings. The second-order valence-corrected chi connectivity index (χ2v) is 2.24. The number of hydrogen-bond donors (Lipinski definition) is 3. The number of rotatable bonds is 1. The molecule has 1 aromatic rings. The summed E-state index contributed by atoms with van der Waals surface area (Å²) in [6, 6.07) is 5.66. The molecule has 5 N–H and O–H groups in total. The molecule has 0 atom stereocenters. The summed E-state index contributed by atoms with van der Waals surface area (Å²) in [6.45, 7) is 5.99. The molecule has 3 nitrogen and oxygen atoms in total. The van der Waals surface area contributed by atoms with Gasteiger partial charge < -0.3 is 11.2 Å². The Bertz CT molecular complexity index is 233. The SMILES string of the molecule is CC.Cc1ccc(N)c(NN)c1. The summed E-state index contributed by atoms with van der Waals surface area (Å²) in [6.07, 6.45) is 0. The molecule has 3 heteroatoms. The molecule has 0 saturated carbocycles. The van der Waals surface area contributed by atoms with Crippen molar-refractivity contribution >= 4 is 11.4 Å². The Morgan fingerprint density at radius 1 is 1.25 bits per heavy atom. The summed E-state index contributed by atoms with van der Waals surface area (Å²) in [4.78, 5) is 0. The molecule has 0 heterocycles. The van der Waals surface area contributed by atoms with Crippen LogP contribution in [0.2, 0.25) is 0 Å². The summed E-state index contributed by atoms with van der Waals surface area (Å²) in [5.74, 6) is 5.19. The Kier molecular flexibility index (Phi) is 4.88. The largest absolute Gasteiger partial charge is 0.397 e. The fraction of sp³-hybridized carbons (Fsp3) is 0.333. The third-order valence-corrected chi connectivity index (χ3v) is 1.36. The van der Waals surface area contributed by atoms with E-state index in [1.54, 1.807) is 0 Å². The molecule has 0 bridgehead atoms. The number of hydrogen-bond acceptors (Lipinski definition) is 3. The highest BCUT2D eigenvalue weighted by molar-refractivity contribution is 5.66. The van der Waals surface area contributed by atoms with Crippen molar-refractivity contribution in [3.8, 4) is 0 Å². The molecule has 0 spiro atoms. The molecule has 0 unspecified atom stereocenters. The molecule has 12 heavy (non-hydrogen) atoms. The van der Waals surface area contributed by atoms with Gasteiger partial charge in [0, 0.05) is 0 Å². The van der Waals surface area contributed by atoms with Gasteiger partial charge in [-0.2, -0.15) is 0 Å². The zero-order chi connectivity index (χ0) is 9.56. The Labute approximate surface area is 73.7 Å². The lowest BCUT2D eigenvalue weighted by Crippen LogP contribution is -2.08.